The van der Waals surface area contributed by atoms with Crippen LogP contribution in [0.15, 0.2) is 65.8 Å². The second-order valence-electron chi connectivity index (χ2n) is 10.7. The van der Waals surface area contributed by atoms with Crippen LogP contribution in [0.25, 0.3) is 0 Å². The number of aliphatic hydroxyl groups is 1. The fourth-order valence-electron chi connectivity index (χ4n) is 5.33. The normalized spacial score (nSPS) is 14.3. The van der Waals surface area contributed by atoms with Gasteiger partial charge < -0.3 is 19.1 Å². The van der Waals surface area contributed by atoms with E-state index in [4.69, 9.17) is 9.47 Å². The number of nitrogens with zero attached hydrogens (tertiary/aromatic N) is 1. The third-order valence-corrected chi connectivity index (χ3v) is 12.8. The van der Waals surface area contributed by atoms with E-state index in [1.54, 1.807) is 26.4 Å². The van der Waals surface area contributed by atoms with Gasteiger partial charge in [-0.1, -0.05) is 56.8 Å². The Balaban J connectivity index is 2.13. The van der Waals surface area contributed by atoms with Gasteiger partial charge in [0.2, 0.25) is 0 Å². The fraction of sp³-hybridized carbons (Fsp3) is 0.516. The Morgan fingerprint density at radius 2 is 1.57 bits per heavy atom. The summed E-state index contributed by atoms with van der Waals surface area (Å²) in [5.74, 6) is 0.328. The molecule has 9 heteroatoms. The minimum atomic E-state index is -4.48. The molecule has 0 amide bonds. The van der Waals surface area contributed by atoms with E-state index in [-0.39, 0.29) is 28.4 Å². The van der Waals surface area contributed by atoms with Gasteiger partial charge in [-0.3, -0.25) is 0 Å². The van der Waals surface area contributed by atoms with Crippen LogP contribution in [-0.4, -0.2) is 64.0 Å². The maximum Gasteiger partial charge on any atom is 0.124 e. The predicted octanol–water partition coefficient (Wildman–Crippen LogP) is 6.69. The van der Waals surface area contributed by atoms with Crippen molar-refractivity contribution in [2.45, 2.75) is 56.0 Å². The van der Waals surface area contributed by atoms with Gasteiger partial charge in [0, 0.05) is 27.4 Å². The summed E-state index contributed by atoms with van der Waals surface area (Å²) in [7, 11) is -2.71. The van der Waals surface area contributed by atoms with Gasteiger partial charge in [-0.15, -0.1) is 0 Å². The van der Waals surface area contributed by atoms with Gasteiger partial charge in [-0.25, -0.2) is 8.42 Å². The summed E-state index contributed by atoms with van der Waals surface area (Å²) in [5, 5.41) is 20.0. The second-order valence-corrected chi connectivity index (χ2v) is 16.3. The third kappa shape index (κ3) is 10.6. The van der Waals surface area contributed by atoms with Crippen molar-refractivity contribution in [1.82, 2.24) is 0 Å². The quantitative estimate of drug-likeness (QED) is 0.117. The molecule has 0 bridgehead atoms. The lowest BCUT2D eigenvalue weighted by molar-refractivity contribution is 0.212. The fourth-order valence-corrected chi connectivity index (χ4v) is 9.67. The average Bonchev–Trinajstić information content (AvgIpc) is 2.92. The first-order valence-corrected chi connectivity index (χ1v) is 17.6. The third-order valence-electron chi connectivity index (χ3n) is 7.65. The Morgan fingerprint density at radius 1 is 1.02 bits per heavy atom. The smallest absolute Gasteiger partial charge is 0.124 e. The number of hydrogen-bond donors (Lipinski definition) is 1. The largest absolute Gasteiger partial charge is 0.744 e. The van der Waals surface area contributed by atoms with Crippen molar-refractivity contribution >= 4 is 17.4 Å². The van der Waals surface area contributed by atoms with Crippen LogP contribution >= 0.6 is 7.26 Å². The van der Waals surface area contributed by atoms with E-state index in [1.165, 1.54) is 23.3 Å². The maximum absolute atomic E-state index is 11.2. The van der Waals surface area contributed by atoms with Crippen LogP contribution in [0, 0.1) is 17.2 Å². The van der Waals surface area contributed by atoms with E-state index >= 15 is 0 Å². The highest BCUT2D eigenvalue weighted by Crippen LogP contribution is 2.62. The number of benzene rings is 2. The van der Waals surface area contributed by atoms with Crippen LogP contribution < -0.4 is 0 Å². The molecule has 7 nitrogen and oxygen atoms in total. The summed E-state index contributed by atoms with van der Waals surface area (Å²) in [6, 6.07) is 17.1. The summed E-state index contributed by atoms with van der Waals surface area (Å²) in [6.45, 7) is 9.20. The number of rotatable bonds is 18. The summed E-state index contributed by atoms with van der Waals surface area (Å²) in [4.78, 5) is -0.243. The molecule has 3 atom stereocenters. The molecule has 3 unspecified atom stereocenters. The summed E-state index contributed by atoms with van der Waals surface area (Å²) in [6.07, 6.45) is 5.54. The van der Waals surface area contributed by atoms with Crippen molar-refractivity contribution in [1.29, 1.82) is 5.26 Å². The SMILES string of the molecule is C=C(O)C[P+](CCOC)(CCOC)Cc1ccc(C(CC)CC(C#N)CC(C)c2ccc(S(=O)(=O)[O-])cc2)cc1. The first-order chi connectivity index (χ1) is 19.0. The molecule has 0 fully saturated rings. The van der Waals surface area contributed by atoms with Crippen LogP contribution in [0.1, 0.15) is 61.6 Å². The molecule has 0 radical (unpaired) electrons. The molecule has 2 aromatic carbocycles. The van der Waals surface area contributed by atoms with Gasteiger partial charge in [0.05, 0.1) is 42.7 Å². The van der Waals surface area contributed by atoms with E-state index in [2.05, 4.69) is 43.8 Å². The predicted molar refractivity (Wildman–Crippen MR) is 161 cm³/mol. The minimum absolute atomic E-state index is 0.0468. The molecule has 0 heterocycles. The van der Waals surface area contributed by atoms with E-state index in [0.717, 1.165) is 36.9 Å². The van der Waals surface area contributed by atoms with Crippen LogP contribution in [0.3, 0.4) is 0 Å². The standard InChI is InChI=1S/C31H44NO6PS/c1-6-28(20-27(21-32)19-24(2)29-11-13-31(14-12-29)40(34,35)36)30-9-7-26(8-10-30)23-39(17-15-37-4,18-16-38-5)22-25(3)33/h7-14,24,27-28H,3,6,15-20,22-23H2,1-2,4-5H3,(H-,33,34,35,36). The summed E-state index contributed by atoms with van der Waals surface area (Å²) in [5.41, 5.74) is 3.33. The molecule has 0 aliphatic carbocycles. The topological polar surface area (TPSA) is 120 Å². The van der Waals surface area contributed by atoms with Crippen LogP contribution in [0.4, 0.5) is 0 Å². The maximum atomic E-state index is 11.2. The number of aliphatic hydroxyl groups excluding tert-OH is 1. The first kappa shape index (κ1) is 33.9. The Labute approximate surface area is 241 Å². The Morgan fingerprint density at radius 3 is 2.02 bits per heavy atom. The minimum Gasteiger partial charge on any atom is -0.744 e. The monoisotopic (exact) mass is 589 g/mol. The molecule has 2 aromatic rings. The zero-order valence-corrected chi connectivity index (χ0v) is 25.9. The summed E-state index contributed by atoms with van der Waals surface area (Å²) >= 11 is 0. The first-order valence-electron chi connectivity index (χ1n) is 13.7. The molecule has 0 aliphatic rings. The molecular formula is C31H44NO6PS. The zero-order valence-electron chi connectivity index (χ0n) is 24.2. The van der Waals surface area contributed by atoms with Gasteiger partial charge in [0.25, 0.3) is 0 Å². The average molecular weight is 590 g/mol. The van der Waals surface area contributed by atoms with E-state index in [1.807, 2.05) is 6.92 Å². The number of nitriles is 1. The van der Waals surface area contributed by atoms with Gasteiger partial charge in [0.1, 0.15) is 22.0 Å². The lowest BCUT2D eigenvalue weighted by Crippen LogP contribution is -2.18. The Hall–Kier alpha value is -2.27. The number of hydrogen-bond acceptors (Lipinski definition) is 7. The summed E-state index contributed by atoms with van der Waals surface area (Å²) < 4.78 is 44.5. The van der Waals surface area contributed by atoms with Crippen molar-refractivity contribution in [2.24, 2.45) is 5.92 Å². The molecule has 0 spiro atoms. The Kier molecular flexibility index (Phi) is 13.8. The van der Waals surface area contributed by atoms with Gasteiger partial charge in [-0.2, -0.15) is 5.26 Å². The molecule has 40 heavy (non-hydrogen) atoms. The van der Waals surface area contributed by atoms with E-state index in [0.29, 0.717) is 25.8 Å². The van der Waals surface area contributed by atoms with Gasteiger partial charge >= 0.3 is 0 Å². The molecule has 2 rings (SSSR count). The molecule has 0 aliphatic heterocycles. The highest BCUT2D eigenvalue weighted by Gasteiger charge is 2.38. The molecule has 0 aromatic heterocycles. The highest BCUT2D eigenvalue weighted by molar-refractivity contribution is 7.85. The molecule has 1 N–H and O–H groups in total. The molecule has 0 saturated carbocycles. The lowest BCUT2D eigenvalue weighted by atomic mass is 9.82. The second kappa shape index (κ2) is 16.2. The molecule has 0 saturated heterocycles. The van der Waals surface area contributed by atoms with Crippen molar-refractivity contribution < 1.29 is 27.6 Å². The van der Waals surface area contributed by atoms with Crippen LogP contribution in [-0.2, 0) is 25.8 Å². The van der Waals surface area contributed by atoms with Crippen molar-refractivity contribution in [2.75, 3.05) is 45.9 Å². The van der Waals surface area contributed by atoms with Gasteiger partial charge in [0.15, 0.2) is 0 Å². The number of allylic oxidation sites excluding steroid dienone is 1. The lowest BCUT2D eigenvalue weighted by Gasteiger charge is -2.27. The van der Waals surface area contributed by atoms with Crippen molar-refractivity contribution in [3.8, 4) is 6.07 Å². The van der Waals surface area contributed by atoms with Gasteiger partial charge in [-0.05, 0) is 59.9 Å². The molecule has 220 valence electrons. The Bertz CT molecular complexity index is 1200. The highest BCUT2D eigenvalue weighted by atomic mass is 32.2. The van der Waals surface area contributed by atoms with E-state index in [9.17, 15) is 23.3 Å². The number of ether oxygens (including phenoxy) is 2. The van der Waals surface area contributed by atoms with Crippen molar-refractivity contribution in [3.05, 3.63) is 77.6 Å². The van der Waals surface area contributed by atoms with E-state index < -0.39 is 17.4 Å². The molecular weight excluding hydrogens is 545 g/mol. The number of methoxy groups -OCH3 is 2. The van der Waals surface area contributed by atoms with Crippen LogP contribution in [0.2, 0.25) is 0 Å². The van der Waals surface area contributed by atoms with Crippen molar-refractivity contribution in [3.63, 3.8) is 0 Å². The zero-order chi connectivity index (χ0) is 29.8. The van der Waals surface area contributed by atoms with Crippen LogP contribution in [0.5, 0.6) is 0 Å².